The van der Waals surface area contributed by atoms with Gasteiger partial charge in [0.1, 0.15) is 0 Å². The van der Waals surface area contributed by atoms with Crippen molar-refractivity contribution in [1.82, 2.24) is 20.1 Å². The molecule has 0 aliphatic carbocycles. The lowest BCUT2D eigenvalue weighted by Gasteiger charge is -2.21. The minimum absolute atomic E-state index is 0.0187. The molecule has 2 heterocycles. The highest BCUT2D eigenvalue weighted by Crippen LogP contribution is 2.15. The quantitative estimate of drug-likeness (QED) is 0.559. The van der Waals surface area contributed by atoms with Crippen LogP contribution in [0.2, 0.25) is 0 Å². The number of thiazole rings is 1. The van der Waals surface area contributed by atoms with Crippen molar-refractivity contribution in [2.45, 2.75) is 39.8 Å². The maximum atomic E-state index is 12.3. The molecule has 2 aromatic rings. The van der Waals surface area contributed by atoms with Crippen LogP contribution in [0.15, 0.2) is 34.6 Å². The lowest BCUT2D eigenvalue weighted by atomic mass is 10.2. The number of hydrogen-bond donors (Lipinski definition) is 2. The Labute approximate surface area is 176 Å². The Bertz CT molecular complexity index is 843. The predicted molar refractivity (Wildman–Crippen MR) is 119 cm³/mol. The van der Waals surface area contributed by atoms with E-state index in [9.17, 15) is 4.79 Å². The van der Waals surface area contributed by atoms with Crippen LogP contribution in [0.25, 0.3) is 0 Å². The van der Waals surface area contributed by atoms with Gasteiger partial charge in [-0.05, 0) is 44.4 Å². The Balaban J connectivity index is 1.63. The zero-order valence-electron chi connectivity index (χ0n) is 17.4. The van der Waals surface area contributed by atoms with Crippen molar-refractivity contribution < 1.29 is 4.79 Å². The summed E-state index contributed by atoms with van der Waals surface area (Å²) >= 11 is 1.66. The SMILES string of the molecule is CCNC(=NCc1cccc(NC(=O)N2CCCC2)c1)N(C)Cc1csc(C)n1. The Morgan fingerprint density at radius 1 is 1.34 bits per heavy atom. The number of hydrogen-bond acceptors (Lipinski definition) is 4. The Morgan fingerprint density at radius 3 is 2.83 bits per heavy atom. The summed E-state index contributed by atoms with van der Waals surface area (Å²) in [7, 11) is 2.02. The molecule has 0 bridgehead atoms. The van der Waals surface area contributed by atoms with Gasteiger partial charge in [0, 0.05) is 37.7 Å². The maximum Gasteiger partial charge on any atom is 0.321 e. The number of carbonyl (C=O) groups is 1. The number of nitrogens with zero attached hydrogens (tertiary/aromatic N) is 4. The molecule has 29 heavy (non-hydrogen) atoms. The van der Waals surface area contributed by atoms with Crippen LogP contribution in [0.5, 0.6) is 0 Å². The first-order valence-corrected chi connectivity index (χ1v) is 11.0. The van der Waals surface area contributed by atoms with E-state index in [2.05, 4.69) is 32.8 Å². The van der Waals surface area contributed by atoms with Crippen LogP contribution in [-0.2, 0) is 13.1 Å². The monoisotopic (exact) mass is 414 g/mol. The summed E-state index contributed by atoms with van der Waals surface area (Å²) in [5, 5.41) is 9.50. The summed E-state index contributed by atoms with van der Waals surface area (Å²) in [6, 6.07) is 7.88. The second-order valence-electron chi connectivity index (χ2n) is 7.21. The molecular formula is C21H30N6OS. The second-order valence-corrected chi connectivity index (χ2v) is 8.27. The van der Waals surface area contributed by atoms with Gasteiger partial charge >= 0.3 is 6.03 Å². The van der Waals surface area contributed by atoms with Gasteiger partial charge in [-0.3, -0.25) is 0 Å². The molecule has 2 N–H and O–H groups in total. The van der Waals surface area contributed by atoms with E-state index in [1.807, 2.05) is 43.1 Å². The first-order valence-electron chi connectivity index (χ1n) is 10.1. The number of aliphatic imine (C=N–C) groups is 1. The van der Waals surface area contributed by atoms with Gasteiger partial charge in [0.15, 0.2) is 5.96 Å². The van der Waals surface area contributed by atoms with E-state index in [0.29, 0.717) is 13.1 Å². The van der Waals surface area contributed by atoms with Gasteiger partial charge in [-0.1, -0.05) is 12.1 Å². The summed E-state index contributed by atoms with van der Waals surface area (Å²) in [5.74, 6) is 0.838. The number of anilines is 1. The molecule has 1 aromatic heterocycles. The first-order chi connectivity index (χ1) is 14.0. The highest BCUT2D eigenvalue weighted by atomic mass is 32.1. The second kappa shape index (κ2) is 10.2. The largest absolute Gasteiger partial charge is 0.357 e. The molecular weight excluding hydrogens is 384 g/mol. The number of carbonyl (C=O) groups excluding carboxylic acids is 1. The van der Waals surface area contributed by atoms with E-state index < -0.39 is 0 Å². The van der Waals surface area contributed by atoms with Gasteiger partial charge in [0.05, 0.1) is 23.8 Å². The van der Waals surface area contributed by atoms with E-state index in [-0.39, 0.29) is 6.03 Å². The van der Waals surface area contributed by atoms with E-state index in [4.69, 9.17) is 4.99 Å². The van der Waals surface area contributed by atoms with Crippen LogP contribution in [-0.4, -0.2) is 53.5 Å². The number of aromatic nitrogens is 1. The van der Waals surface area contributed by atoms with Crippen LogP contribution in [0.1, 0.15) is 36.0 Å². The minimum Gasteiger partial charge on any atom is -0.357 e. The molecule has 0 saturated carbocycles. The molecule has 1 aliphatic rings. The average molecular weight is 415 g/mol. The summed E-state index contributed by atoms with van der Waals surface area (Å²) in [4.78, 5) is 25.6. The fraction of sp³-hybridized carbons (Fsp3) is 0.476. The Morgan fingerprint density at radius 2 is 2.14 bits per heavy atom. The molecule has 1 aliphatic heterocycles. The Hall–Kier alpha value is -2.61. The minimum atomic E-state index is -0.0187. The van der Waals surface area contributed by atoms with Gasteiger partial charge in [0.2, 0.25) is 0 Å². The van der Waals surface area contributed by atoms with Crippen molar-refractivity contribution in [3.63, 3.8) is 0 Å². The molecule has 0 radical (unpaired) electrons. The number of benzene rings is 1. The molecule has 7 nitrogen and oxygen atoms in total. The van der Waals surface area contributed by atoms with Gasteiger partial charge in [0.25, 0.3) is 0 Å². The molecule has 0 atom stereocenters. The number of rotatable bonds is 6. The van der Waals surface area contributed by atoms with Gasteiger partial charge in [-0.15, -0.1) is 11.3 Å². The van der Waals surface area contributed by atoms with Crippen LogP contribution in [0, 0.1) is 6.92 Å². The van der Waals surface area contributed by atoms with Crippen LogP contribution >= 0.6 is 11.3 Å². The highest BCUT2D eigenvalue weighted by Gasteiger charge is 2.17. The molecule has 0 spiro atoms. The number of aryl methyl sites for hydroxylation is 1. The summed E-state index contributed by atoms with van der Waals surface area (Å²) in [6.45, 7) is 7.80. The average Bonchev–Trinajstić information content (AvgIpc) is 3.37. The third-order valence-corrected chi connectivity index (χ3v) is 5.57. The van der Waals surface area contributed by atoms with Crippen LogP contribution in [0.4, 0.5) is 10.5 Å². The van der Waals surface area contributed by atoms with E-state index in [1.165, 1.54) is 0 Å². The molecule has 1 fully saturated rings. The van der Waals surface area contributed by atoms with E-state index in [0.717, 1.165) is 60.4 Å². The summed E-state index contributed by atoms with van der Waals surface area (Å²) in [5.41, 5.74) is 2.91. The third-order valence-electron chi connectivity index (χ3n) is 4.75. The summed E-state index contributed by atoms with van der Waals surface area (Å²) in [6.07, 6.45) is 2.17. The maximum absolute atomic E-state index is 12.3. The van der Waals surface area contributed by atoms with Crippen molar-refractivity contribution >= 4 is 29.0 Å². The van der Waals surface area contributed by atoms with Crippen molar-refractivity contribution in [3.05, 3.63) is 45.9 Å². The molecule has 1 saturated heterocycles. The number of amides is 2. The van der Waals surface area contributed by atoms with Crippen molar-refractivity contribution in [3.8, 4) is 0 Å². The van der Waals surface area contributed by atoms with Crippen molar-refractivity contribution in [1.29, 1.82) is 0 Å². The molecule has 8 heteroatoms. The normalized spacial score (nSPS) is 14.2. The zero-order valence-corrected chi connectivity index (χ0v) is 18.3. The van der Waals surface area contributed by atoms with E-state index >= 15 is 0 Å². The summed E-state index contributed by atoms with van der Waals surface area (Å²) < 4.78 is 0. The fourth-order valence-corrected chi connectivity index (χ4v) is 3.91. The molecule has 0 unspecified atom stereocenters. The lowest BCUT2D eigenvalue weighted by molar-refractivity contribution is 0.222. The lowest BCUT2D eigenvalue weighted by Crippen LogP contribution is -2.38. The van der Waals surface area contributed by atoms with Gasteiger partial charge in [-0.2, -0.15) is 0 Å². The third kappa shape index (κ3) is 6.19. The van der Waals surface area contributed by atoms with Gasteiger partial charge < -0.3 is 20.4 Å². The number of nitrogens with one attached hydrogen (secondary N) is 2. The number of urea groups is 1. The zero-order chi connectivity index (χ0) is 20.6. The molecule has 1 aromatic carbocycles. The smallest absolute Gasteiger partial charge is 0.321 e. The predicted octanol–water partition coefficient (Wildman–Crippen LogP) is 3.68. The van der Waals surface area contributed by atoms with Crippen LogP contribution in [0.3, 0.4) is 0 Å². The van der Waals surface area contributed by atoms with Crippen molar-refractivity contribution in [2.75, 3.05) is 32.0 Å². The highest BCUT2D eigenvalue weighted by molar-refractivity contribution is 7.09. The molecule has 156 valence electrons. The standard InChI is InChI=1S/C21H30N6OS/c1-4-22-20(26(3)14-19-15-29-16(2)24-19)23-13-17-8-7-9-18(12-17)25-21(28)27-10-5-6-11-27/h7-9,12,15H,4-6,10-11,13-14H2,1-3H3,(H,22,23)(H,25,28). The van der Waals surface area contributed by atoms with E-state index in [1.54, 1.807) is 11.3 Å². The Kier molecular flexibility index (Phi) is 7.46. The van der Waals surface area contributed by atoms with Crippen LogP contribution < -0.4 is 10.6 Å². The molecule has 2 amide bonds. The number of likely N-dealkylation sites (tertiary alicyclic amines) is 1. The topological polar surface area (TPSA) is 72.9 Å². The molecule has 3 rings (SSSR count). The van der Waals surface area contributed by atoms with Gasteiger partial charge in [-0.25, -0.2) is 14.8 Å². The van der Waals surface area contributed by atoms with Crippen molar-refractivity contribution in [2.24, 2.45) is 4.99 Å². The number of guanidine groups is 1. The fourth-order valence-electron chi connectivity index (χ4n) is 3.30. The first kappa shape index (κ1) is 21.1.